The fraction of sp³-hybridized carbons (Fsp3) is 0.444. The van der Waals surface area contributed by atoms with Crippen LogP contribution in [0.2, 0.25) is 0 Å². The Morgan fingerprint density at radius 3 is 3.00 bits per heavy atom. The van der Waals surface area contributed by atoms with Crippen LogP contribution in [0.3, 0.4) is 0 Å². The second-order valence-corrected chi connectivity index (χ2v) is 2.38. The van der Waals surface area contributed by atoms with Gasteiger partial charge in [-0.1, -0.05) is 6.08 Å². The normalized spacial score (nSPS) is 11.3. The molecule has 0 heterocycles. The number of rotatable bonds is 5. The van der Waals surface area contributed by atoms with Gasteiger partial charge in [0.1, 0.15) is 0 Å². The lowest BCUT2D eigenvalue weighted by Crippen LogP contribution is -2.40. The van der Waals surface area contributed by atoms with Crippen molar-refractivity contribution >= 4 is 5.91 Å². The molecular weight excluding hydrogens is 152 g/mol. The van der Waals surface area contributed by atoms with Crippen molar-refractivity contribution in [1.82, 2.24) is 5.32 Å². The number of hydrogen-bond donors (Lipinski definition) is 2. The lowest BCUT2D eigenvalue weighted by atomic mass is 10.2. The lowest BCUT2D eigenvalue weighted by molar-refractivity contribution is -0.122. The second-order valence-electron chi connectivity index (χ2n) is 2.38. The van der Waals surface area contributed by atoms with Gasteiger partial charge in [-0.3, -0.25) is 4.79 Å². The van der Waals surface area contributed by atoms with E-state index in [9.17, 15) is 4.79 Å². The number of carbonyl (C=O) groups excluding carboxylic acids is 1. The van der Waals surface area contributed by atoms with Crippen LogP contribution >= 0.6 is 0 Å². The van der Waals surface area contributed by atoms with Gasteiger partial charge >= 0.3 is 0 Å². The summed E-state index contributed by atoms with van der Waals surface area (Å²) in [4.78, 5) is 11.0. The minimum atomic E-state index is -0.584. The van der Waals surface area contributed by atoms with Gasteiger partial charge in [-0.25, -0.2) is 0 Å². The van der Waals surface area contributed by atoms with E-state index in [0.29, 0.717) is 6.54 Å². The molecule has 1 unspecified atom stereocenters. The monoisotopic (exact) mass is 166 g/mol. The zero-order valence-corrected chi connectivity index (χ0v) is 7.05. The van der Waals surface area contributed by atoms with Crippen LogP contribution in [0.1, 0.15) is 12.8 Å². The quantitative estimate of drug-likeness (QED) is 0.344. The number of amides is 1. The van der Waals surface area contributed by atoms with Crippen molar-refractivity contribution in [2.75, 3.05) is 6.54 Å². The summed E-state index contributed by atoms with van der Waals surface area (Å²) in [6.45, 7) is 4.09. The van der Waals surface area contributed by atoms with E-state index >= 15 is 0 Å². The summed E-state index contributed by atoms with van der Waals surface area (Å²) in [6.07, 6.45) is 7.75. The Morgan fingerprint density at radius 1 is 1.83 bits per heavy atom. The van der Waals surface area contributed by atoms with E-state index in [1.54, 1.807) is 6.08 Å². The van der Waals surface area contributed by atoms with Crippen LogP contribution in [0.5, 0.6) is 0 Å². The van der Waals surface area contributed by atoms with Crippen molar-refractivity contribution in [2.24, 2.45) is 5.73 Å². The molecule has 3 N–H and O–H groups in total. The molecule has 3 heteroatoms. The third kappa shape index (κ3) is 4.53. The van der Waals surface area contributed by atoms with Crippen LogP contribution in [0.25, 0.3) is 0 Å². The Bertz CT molecular complexity index is 193. The zero-order valence-electron chi connectivity index (χ0n) is 7.05. The molecule has 0 spiro atoms. The van der Waals surface area contributed by atoms with E-state index in [1.165, 1.54) is 0 Å². The lowest BCUT2D eigenvalue weighted by Gasteiger charge is -2.07. The smallest absolute Gasteiger partial charge is 0.237 e. The molecule has 0 radical (unpaired) electrons. The molecule has 0 aromatic heterocycles. The molecule has 66 valence electrons. The average Bonchev–Trinajstić information content (AvgIpc) is 2.05. The van der Waals surface area contributed by atoms with Crippen LogP contribution in [-0.4, -0.2) is 18.5 Å². The summed E-state index contributed by atoms with van der Waals surface area (Å²) in [5.41, 5.74) is 5.43. The molecule has 12 heavy (non-hydrogen) atoms. The maximum atomic E-state index is 11.0. The molecule has 0 aliphatic heterocycles. The van der Waals surface area contributed by atoms with E-state index in [-0.39, 0.29) is 12.3 Å². The van der Waals surface area contributed by atoms with Crippen molar-refractivity contribution < 1.29 is 4.79 Å². The Morgan fingerprint density at radius 2 is 2.50 bits per heavy atom. The van der Waals surface area contributed by atoms with Crippen molar-refractivity contribution in [3.63, 3.8) is 0 Å². The molecule has 0 saturated heterocycles. The Balaban J connectivity index is 3.58. The number of nitrogens with one attached hydrogen (secondary N) is 1. The third-order valence-electron chi connectivity index (χ3n) is 1.32. The van der Waals surface area contributed by atoms with Gasteiger partial charge in [0.15, 0.2) is 0 Å². The van der Waals surface area contributed by atoms with Gasteiger partial charge in [-0.05, 0) is 6.42 Å². The Labute approximate surface area is 73.0 Å². The van der Waals surface area contributed by atoms with Gasteiger partial charge in [0.25, 0.3) is 0 Å². The minimum Gasteiger partial charge on any atom is -0.354 e. The van der Waals surface area contributed by atoms with E-state index < -0.39 is 6.04 Å². The van der Waals surface area contributed by atoms with Gasteiger partial charge in [-0.2, -0.15) is 0 Å². The number of terminal acetylenes is 1. The van der Waals surface area contributed by atoms with Crippen LogP contribution in [-0.2, 0) is 4.79 Å². The standard InChI is InChI=1S/C9H14N2O/c1-3-5-7-11-9(12)8(10)6-4-2/h2-3,8H,1,5-7,10H2,(H,11,12). The maximum absolute atomic E-state index is 11.0. The Hall–Kier alpha value is -1.27. The molecule has 0 bridgehead atoms. The fourth-order valence-corrected chi connectivity index (χ4v) is 0.648. The van der Waals surface area contributed by atoms with E-state index in [1.807, 2.05) is 0 Å². The molecule has 0 aliphatic rings. The van der Waals surface area contributed by atoms with Crippen molar-refractivity contribution in [3.8, 4) is 12.3 Å². The second kappa shape index (κ2) is 6.44. The number of nitrogens with two attached hydrogens (primary N) is 1. The molecule has 0 aliphatic carbocycles. The van der Waals surface area contributed by atoms with E-state index in [0.717, 1.165) is 6.42 Å². The van der Waals surface area contributed by atoms with Crippen LogP contribution < -0.4 is 11.1 Å². The van der Waals surface area contributed by atoms with Gasteiger partial charge in [0.2, 0.25) is 5.91 Å². The predicted octanol–water partition coefficient (Wildman–Crippen LogP) is 0.0293. The summed E-state index contributed by atoms with van der Waals surface area (Å²) in [5.74, 6) is 2.13. The first-order valence-electron chi connectivity index (χ1n) is 3.80. The summed E-state index contributed by atoms with van der Waals surface area (Å²) < 4.78 is 0. The molecular formula is C9H14N2O. The van der Waals surface area contributed by atoms with E-state index in [4.69, 9.17) is 12.2 Å². The molecule has 0 rings (SSSR count). The van der Waals surface area contributed by atoms with Crippen LogP contribution in [0.15, 0.2) is 12.7 Å². The number of hydrogen-bond acceptors (Lipinski definition) is 2. The summed E-state index contributed by atoms with van der Waals surface area (Å²) in [6, 6.07) is -0.584. The molecule has 0 saturated carbocycles. The van der Waals surface area contributed by atoms with Crippen LogP contribution in [0.4, 0.5) is 0 Å². The molecule has 3 nitrogen and oxygen atoms in total. The molecule has 1 amide bonds. The van der Waals surface area contributed by atoms with Crippen molar-refractivity contribution in [3.05, 3.63) is 12.7 Å². The molecule has 0 fully saturated rings. The SMILES string of the molecule is C#CCC(N)C(=O)NCCC=C. The van der Waals surface area contributed by atoms with Gasteiger partial charge in [-0.15, -0.1) is 18.9 Å². The zero-order chi connectivity index (χ0) is 9.40. The largest absolute Gasteiger partial charge is 0.354 e. The highest BCUT2D eigenvalue weighted by molar-refractivity contribution is 5.81. The summed E-state index contributed by atoms with van der Waals surface area (Å²) in [5, 5.41) is 2.64. The first-order valence-corrected chi connectivity index (χ1v) is 3.80. The molecule has 1 atom stereocenters. The first-order chi connectivity index (χ1) is 5.72. The third-order valence-corrected chi connectivity index (χ3v) is 1.32. The van der Waals surface area contributed by atoms with Crippen LogP contribution in [0, 0.1) is 12.3 Å². The van der Waals surface area contributed by atoms with Gasteiger partial charge in [0, 0.05) is 13.0 Å². The highest BCUT2D eigenvalue weighted by atomic mass is 16.2. The molecule has 0 aromatic carbocycles. The average molecular weight is 166 g/mol. The summed E-state index contributed by atoms with van der Waals surface area (Å²) >= 11 is 0. The van der Waals surface area contributed by atoms with Crippen molar-refractivity contribution in [2.45, 2.75) is 18.9 Å². The predicted molar refractivity (Wildman–Crippen MR) is 49.2 cm³/mol. The van der Waals surface area contributed by atoms with Gasteiger partial charge in [0.05, 0.1) is 6.04 Å². The highest BCUT2D eigenvalue weighted by Crippen LogP contribution is 1.85. The molecule has 0 aromatic rings. The van der Waals surface area contributed by atoms with Crippen molar-refractivity contribution in [1.29, 1.82) is 0 Å². The van der Waals surface area contributed by atoms with E-state index in [2.05, 4.69) is 17.8 Å². The number of carbonyl (C=O) groups is 1. The summed E-state index contributed by atoms with van der Waals surface area (Å²) in [7, 11) is 0. The topological polar surface area (TPSA) is 55.1 Å². The minimum absolute atomic E-state index is 0.199. The Kier molecular flexibility index (Phi) is 5.76. The van der Waals surface area contributed by atoms with Gasteiger partial charge < -0.3 is 11.1 Å². The fourth-order valence-electron chi connectivity index (χ4n) is 0.648. The highest BCUT2D eigenvalue weighted by Gasteiger charge is 2.09. The first kappa shape index (κ1) is 10.7. The maximum Gasteiger partial charge on any atom is 0.237 e.